The van der Waals surface area contributed by atoms with Crippen LogP contribution in [0.25, 0.3) is 76.3 Å². The van der Waals surface area contributed by atoms with Gasteiger partial charge < -0.3 is 0 Å². The summed E-state index contributed by atoms with van der Waals surface area (Å²) in [7, 11) is 0. The molecule has 8 aromatic carbocycles. The highest BCUT2D eigenvalue weighted by molar-refractivity contribution is 7.25. The predicted octanol–water partition coefficient (Wildman–Crippen LogP) is 13.9. The zero-order valence-corrected chi connectivity index (χ0v) is 31.2. The highest BCUT2D eigenvalue weighted by Crippen LogP contribution is 2.56. The SMILES string of the molecule is c1ccc(-c2nc(-c3ccc4sc5ccccc5c4c3)cc(-c3ccccc3-c3cccc(C4(c5ccccc5)c5ccccc5-c5ccccc54)c3)n2)cc1. The molecule has 0 amide bonds. The van der Waals surface area contributed by atoms with Crippen LogP contribution in [-0.4, -0.2) is 9.97 Å². The summed E-state index contributed by atoms with van der Waals surface area (Å²) in [5, 5.41) is 2.53. The molecule has 0 unspecified atom stereocenters. The molecule has 0 N–H and O–H groups in total. The minimum absolute atomic E-state index is 0.480. The molecule has 0 saturated heterocycles. The Bertz CT molecular complexity index is 3040. The van der Waals surface area contributed by atoms with Crippen molar-refractivity contribution in [2.45, 2.75) is 5.41 Å². The lowest BCUT2D eigenvalue weighted by molar-refractivity contribution is 0.769. The van der Waals surface area contributed by atoms with Crippen molar-refractivity contribution in [1.29, 1.82) is 0 Å². The summed E-state index contributed by atoms with van der Waals surface area (Å²) in [6, 6.07) is 74.6. The summed E-state index contributed by atoms with van der Waals surface area (Å²) in [6.45, 7) is 0. The second-order valence-electron chi connectivity index (χ2n) is 14.5. The van der Waals surface area contributed by atoms with Crippen LogP contribution in [0.15, 0.2) is 206 Å². The topological polar surface area (TPSA) is 25.8 Å². The minimum atomic E-state index is -0.480. The van der Waals surface area contributed by atoms with Gasteiger partial charge in [0.2, 0.25) is 0 Å². The third kappa shape index (κ3) is 5.09. The molecule has 2 aromatic heterocycles. The lowest BCUT2D eigenvalue weighted by Crippen LogP contribution is -2.28. The quantitative estimate of drug-likeness (QED) is 0.170. The van der Waals surface area contributed by atoms with Gasteiger partial charge in [-0.2, -0.15) is 0 Å². The van der Waals surface area contributed by atoms with Gasteiger partial charge in [-0.3, -0.25) is 0 Å². The van der Waals surface area contributed by atoms with Crippen LogP contribution in [-0.2, 0) is 5.41 Å². The number of aromatic nitrogens is 2. The predicted molar refractivity (Wildman–Crippen MR) is 234 cm³/mol. The van der Waals surface area contributed by atoms with E-state index in [0.717, 1.165) is 39.2 Å². The molecular formula is C53H34N2S. The standard InChI is InChI=1S/C53H34N2S/c1-3-16-35(17-4-1)52-54-48(37-30-31-51-45(33-37)44-26-11-14-29-50(44)56-51)34-49(55-52)43-25-8-7-22-40(43)36-18-15-21-39(32-36)53(38-19-5-2-6-20-38)46-27-12-9-23-41(46)42-24-10-13-28-47(42)53/h1-34H. The smallest absolute Gasteiger partial charge is 0.160 e. The molecule has 2 heterocycles. The fraction of sp³-hybridized carbons (Fsp3) is 0.0189. The first kappa shape index (κ1) is 32.5. The first-order valence-corrected chi connectivity index (χ1v) is 19.9. The van der Waals surface area contributed by atoms with Gasteiger partial charge in [0.1, 0.15) is 0 Å². The Morgan fingerprint density at radius 3 is 1.68 bits per heavy atom. The maximum absolute atomic E-state index is 5.30. The van der Waals surface area contributed by atoms with Gasteiger partial charge in [-0.05, 0) is 74.8 Å². The number of benzene rings is 8. The Labute approximate surface area is 330 Å². The van der Waals surface area contributed by atoms with Crippen molar-refractivity contribution in [3.8, 4) is 56.2 Å². The van der Waals surface area contributed by atoms with E-state index in [1.807, 2.05) is 17.4 Å². The summed E-state index contributed by atoms with van der Waals surface area (Å²) < 4.78 is 2.57. The molecule has 0 saturated carbocycles. The first-order chi connectivity index (χ1) is 27.8. The molecule has 262 valence electrons. The van der Waals surface area contributed by atoms with Gasteiger partial charge in [0.25, 0.3) is 0 Å². The third-order valence-electron chi connectivity index (χ3n) is 11.4. The van der Waals surface area contributed by atoms with E-state index in [9.17, 15) is 0 Å². The zero-order chi connectivity index (χ0) is 37.1. The summed E-state index contributed by atoms with van der Waals surface area (Å²) >= 11 is 1.83. The number of nitrogens with zero attached hydrogens (tertiary/aromatic N) is 2. The molecule has 3 heteroatoms. The summed E-state index contributed by atoms with van der Waals surface area (Å²) in [5.74, 6) is 0.708. The van der Waals surface area contributed by atoms with Crippen LogP contribution in [0.1, 0.15) is 22.3 Å². The molecule has 0 bridgehead atoms. The fourth-order valence-corrected chi connectivity index (χ4v) is 10.0. The zero-order valence-electron chi connectivity index (χ0n) is 30.4. The Hall–Kier alpha value is -6.94. The average Bonchev–Trinajstić information content (AvgIpc) is 3.80. The minimum Gasteiger partial charge on any atom is -0.228 e. The van der Waals surface area contributed by atoms with Gasteiger partial charge in [-0.15, -0.1) is 11.3 Å². The van der Waals surface area contributed by atoms with Crippen molar-refractivity contribution in [1.82, 2.24) is 9.97 Å². The highest BCUT2D eigenvalue weighted by Gasteiger charge is 2.45. The summed E-state index contributed by atoms with van der Waals surface area (Å²) in [4.78, 5) is 10.5. The Balaban J connectivity index is 1.11. The van der Waals surface area contributed by atoms with E-state index in [1.165, 1.54) is 53.6 Å². The molecule has 10 aromatic rings. The maximum atomic E-state index is 5.30. The molecule has 2 nitrogen and oxygen atoms in total. The molecule has 0 spiro atoms. The van der Waals surface area contributed by atoms with Gasteiger partial charge in [0.05, 0.1) is 16.8 Å². The number of thiophene rings is 1. The average molecular weight is 731 g/mol. The summed E-state index contributed by atoms with van der Waals surface area (Å²) in [5.41, 5.74) is 14.4. The van der Waals surface area contributed by atoms with Gasteiger partial charge >= 0.3 is 0 Å². The van der Waals surface area contributed by atoms with E-state index in [0.29, 0.717) is 5.82 Å². The second-order valence-corrected chi connectivity index (χ2v) is 15.6. The highest BCUT2D eigenvalue weighted by atomic mass is 32.1. The van der Waals surface area contributed by atoms with Gasteiger partial charge in [0.15, 0.2) is 5.82 Å². The lowest BCUT2D eigenvalue weighted by atomic mass is 9.67. The normalized spacial score (nSPS) is 12.8. The van der Waals surface area contributed by atoms with E-state index < -0.39 is 5.41 Å². The fourth-order valence-electron chi connectivity index (χ4n) is 8.92. The van der Waals surface area contributed by atoms with Crippen molar-refractivity contribution in [2.75, 3.05) is 0 Å². The van der Waals surface area contributed by atoms with Crippen molar-refractivity contribution in [3.63, 3.8) is 0 Å². The molecule has 11 rings (SSSR count). The molecule has 1 aliphatic carbocycles. The second kappa shape index (κ2) is 13.1. The third-order valence-corrected chi connectivity index (χ3v) is 12.6. The number of fused-ring (bicyclic) bond motifs is 6. The molecule has 0 atom stereocenters. The monoisotopic (exact) mass is 730 g/mol. The van der Waals surface area contributed by atoms with Crippen LogP contribution in [0.4, 0.5) is 0 Å². The summed E-state index contributed by atoms with van der Waals surface area (Å²) in [6.07, 6.45) is 0. The van der Waals surface area contributed by atoms with Gasteiger partial charge in [0, 0.05) is 36.9 Å². The van der Waals surface area contributed by atoms with Crippen LogP contribution >= 0.6 is 11.3 Å². The maximum Gasteiger partial charge on any atom is 0.160 e. The van der Waals surface area contributed by atoms with Crippen molar-refractivity contribution >= 4 is 31.5 Å². The van der Waals surface area contributed by atoms with E-state index in [1.54, 1.807) is 0 Å². The Kier molecular flexibility index (Phi) is 7.61. The van der Waals surface area contributed by atoms with Crippen LogP contribution in [0.2, 0.25) is 0 Å². The van der Waals surface area contributed by atoms with Crippen LogP contribution in [0, 0.1) is 0 Å². The molecule has 1 aliphatic rings. The van der Waals surface area contributed by atoms with Crippen LogP contribution in [0.5, 0.6) is 0 Å². The number of hydrogen-bond donors (Lipinski definition) is 0. The van der Waals surface area contributed by atoms with E-state index in [-0.39, 0.29) is 0 Å². The van der Waals surface area contributed by atoms with Crippen LogP contribution in [0.3, 0.4) is 0 Å². The number of rotatable bonds is 6. The molecule has 56 heavy (non-hydrogen) atoms. The van der Waals surface area contributed by atoms with Gasteiger partial charge in [-0.25, -0.2) is 9.97 Å². The Morgan fingerprint density at radius 2 is 0.911 bits per heavy atom. The van der Waals surface area contributed by atoms with Crippen molar-refractivity contribution in [3.05, 3.63) is 229 Å². The largest absolute Gasteiger partial charge is 0.228 e. The van der Waals surface area contributed by atoms with E-state index >= 15 is 0 Å². The van der Waals surface area contributed by atoms with E-state index in [4.69, 9.17) is 9.97 Å². The molecule has 0 fully saturated rings. The van der Waals surface area contributed by atoms with E-state index in [2.05, 4.69) is 200 Å². The first-order valence-electron chi connectivity index (χ1n) is 19.1. The molecule has 0 aliphatic heterocycles. The Morgan fingerprint density at radius 1 is 0.339 bits per heavy atom. The molecular weight excluding hydrogens is 697 g/mol. The van der Waals surface area contributed by atoms with Crippen LogP contribution < -0.4 is 0 Å². The number of hydrogen-bond acceptors (Lipinski definition) is 3. The van der Waals surface area contributed by atoms with Gasteiger partial charge in [-0.1, -0.05) is 176 Å². The molecule has 0 radical (unpaired) electrons. The lowest BCUT2D eigenvalue weighted by Gasteiger charge is -2.34. The van der Waals surface area contributed by atoms with Crippen molar-refractivity contribution < 1.29 is 0 Å². The van der Waals surface area contributed by atoms with Crippen molar-refractivity contribution in [2.24, 2.45) is 0 Å².